The van der Waals surface area contributed by atoms with Gasteiger partial charge in [0.25, 0.3) is 0 Å². The Morgan fingerprint density at radius 1 is 1.04 bits per heavy atom. The smallest absolute Gasteiger partial charge is 0.243 e. The molecule has 0 saturated carbocycles. The average molecular weight is 427 g/mol. The Bertz CT molecular complexity index is 977. The third-order valence-electron chi connectivity index (χ3n) is 4.40. The summed E-state index contributed by atoms with van der Waals surface area (Å²) in [5, 5.41) is 10.7. The molecule has 6 heteroatoms. The summed E-state index contributed by atoms with van der Waals surface area (Å²) in [6.45, 7) is 8.11. The van der Waals surface area contributed by atoms with Crippen LogP contribution in [0.2, 0.25) is 0 Å². The number of rotatable bonds is 5. The van der Waals surface area contributed by atoms with E-state index in [-0.39, 0.29) is 12.5 Å². The van der Waals surface area contributed by atoms with Crippen molar-refractivity contribution in [1.82, 2.24) is 9.78 Å². The number of hydrogen-bond donors (Lipinski definition) is 2. The van der Waals surface area contributed by atoms with Crippen molar-refractivity contribution in [3.05, 3.63) is 69.5 Å². The topological polar surface area (TPSA) is 59.0 Å². The van der Waals surface area contributed by atoms with E-state index in [2.05, 4.69) is 38.6 Å². The summed E-state index contributed by atoms with van der Waals surface area (Å²) >= 11 is 3.51. The molecule has 1 aromatic heterocycles. The molecule has 2 aromatic carbocycles. The van der Waals surface area contributed by atoms with Gasteiger partial charge in [0.15, 0.2) is 0 Å². The lowest BCUT2D eigenvalue weighted by atomic mass is 10.2. The maximum absolute atomic E-state index is 12.4. The van der Waals surface area contributed by atoms with Crippen molar-refractivity contribution in [3.8, 4) is 5.69 Å². The lowest BCUT2D eigenvalue weighted by Gasteiger charge is -2.10. The first-order valence-corrected chi connectivity index (χ1v) is 9.57. The number of anilines is 2. The van der Waals surface area contributed by atoms with Gasteiger partial charge in [-0.2, -0.15) is 5.10 Å². The van der Waals surface area contributed by atoms with Crippen LogP contribution in [0.5, 0.6) is 0 Å². The van der Waals surface area contributed by atoms with Crippen LogP contribution in [0.1, 0.15) is 22.5 Å². The third kappa shape index (κ3) is 4.39. The molecule has 0 spiro atoms. The third-order valence-corrected chi connectivity index (χ3v) is 5.05. The first kappa shape index (κ1) is 19.2. The molecule has 3 aromatic rings. The monoisotopic (exact) mass is 426 g/mol. The van der Waals surface area contributed by atoms with Crippen LogP contribution in [-0.2, 0) is 4.79 Å². The molecule has 0 atom stereocenters. The summed E-state index contributed by atoms with van der Waals surface area (Å²) < 4.78 is 2.80. The minimum atomic E-state index is -0.114. The number of carbonyl (C=O) groups is 1. The van der Waals surface area contributed by atoms with Crippen molar-refractivity contribution in [2.45, 2.75) is 27.7 Å². The number of amides is 1. The molecule has 1 heterocycles. The van der Waals surface area contributed by atoms with Crippen molar-refractivity contribution < 1.29 is 4.79 Å². The maximum atomic E-state index is 12.4. The normalized spacial score (nSPS) is 10.7. The van der Waals surface area contributed by atoms with Gasteiger partial charge in [-0.15, -0.1) is 0 Å². The number of carbonyl (C=O) groups excluding carboxylic acids is 1. The van der Waals surface area contributed by atoms with E-state index < -0.39 is 0 Å². The zero-order chi connectivity index (χ0) is 19.6. The van der Waals surface area contributed by atoms with Crippen LogP contribution in [0, 0.1) is 27.7 Å². The molecule has 0 fully saturated rings. The summed E-state index contributed by atoms with van der Waals surface area (Å²) in [6.07, 6.45) is 0. The number of aryl methyl sites for hydroxylation is 3. The highest BCUT2D eigenvalue weighted by Gasteiger charge is 2.15. The van der Waals surface area contributed by atoms with Crippen LogP contribution in [0.25, 0.3) is 5.69 Å². The fourth-order valence-corrected chi connectivity index (χ4v) is 3.52. The fourth-order valence-electron chi connectivity index (χ4n) is 2.88. The SMILES string of the molecule is Cc1ccc(-n2nc(C)c(NC(=O)CNc3ccc(C)cc3Br)c2C)cc1. The zero-order valence-electron chi connectivity index (χ0n) is 15.9. The van der Waals surface area contributed by atoms with Crippen LogP contribution in [0.3, 0.4) is 0 Å². The van der Waals surface area contributed by atoms with E-state index in [1.165, 1.54) is 5.56 Å². The van der Waals surface area contributed by atoms with Crippen LogP contribution >= 0.6 is 15.9 Å². The number of benzene rings is 2. The van der Waals surface area contributed by atoms with Gasteiger partial charge in [0.2, 0.25) is 5.91 Å². The second-order valence-electron chi connectivity index (χ2n) is 6.68. The van der Waals surface area contributed by atoms with Crippen LogP contribution in [0.15, 0.2) is 46.9 Å². The molecule has 0 aliphatic rings. The van der Waals surface area contributed by atoms with E-state index in [9.17, 15) is 4.79 Å². The van der Waals surface area contributed by atoms with Gasteiger partial charge >= 0.3 is 0 Å². The van der Waals surface area contributed by atoms with Gasteiger partial charge in [-0.05, 0) is 73.5 Å². The Hall–Kier alpha value is -2.60. The highest BCUT2D eigenvalue weighted by molar-refractivity contribution is 9.10. The van der Waals surface area contributed by atoms with Crippen molar-refractivity contribution in [1.29, 1.82) is 0 Å². The van der Waals surface area contributed by atoms with E-state index in [1.807, 2.05) is 67.9 Å². The highest BCUT2D eigenvalue weighted by Crippen LogP contribution is 2.24. The van der Waals surface area contributed by atoms with E-state index in [0.717, 1.165) is 38.5 Å². The van der Waals surface area contributed by atoms with E-state index in [0.29, 0.717) is 0 Å². The van der Waals surface area contributed by atoms with Crippen molar-refractivity contribution >= 4 is 33.2 Å². The molecule has 2 N–H and O–H groups in total. The Kier molecular flexibility index (Phi) is 5.65. The van der Waals surface area contributed by atoms with Crippen molar-refractivity contribution in [2.24, 2.45) is 0 Å². The molecule has 0 aliphatic heterocycles. The number of nitrogens with zero attached hydrogens (tertiary/aromatic N) is 2. The van der Waals surface area contributed by atoms with Gasteiger partial charge < -0.3 is 10.6 Å². The van der Waals surface area contributed by atoms with Crippen LogP contribution < -0.4 is 10.6 Å². The van der Waals surface area contributed by atoms with Gasteiger partial charge in [-0.3, -0.25) is 4.79 Å². The van der Waals surface area contributed by atoms with Crippen molar-refractivity contribution in [3.63, 3.8) is 0 Å². The lowest BCUT2D eigenvalue weighted by Crippen LogP contribution is -2.22. The minimum Gasteiger partial charge on any atom is -0.375 e. The highest BCUT2D eigenvalue weighted by atomic mass is 79.9. The first-order chi connectivity index (χ1) is 12.8. The predicted octanol–water partition coefficient (Wildman–Crippen LogP) is 4.92. The number of hydrogen-bond acceptors (Lipinski definition) is 3. The molecule has 0 aliphatic carbocycles. The number of aromatic nitrogens is 2. The predicted molar refractivity (Wildman–Crippen MR) is 114 cm³/mol. The maximum Gasteiger partial charge on any atom is 0.243 e. The molecule has 140 valence electrons. The van der Waals surface area contributed by atoms with E-state index in [4.69, 9.17) is 0 Å². The Morgan fingerprint density at radius 3 is 2.37 bits per heavy atom. The molecule has 0 saturated heterocycles. The Morgan fingerprint density at radius 2 is 1.70 bits per heavy atom. The summed E-state index contributed by atoms with van der Waals surface area (Å²) in [6, 6.07) is 14.1. The molecule has 27 heavy (non-hydrogen) atoms. The quantitative estimate of drug-likeness (QED) is 0.608. The van der Waals surface area contributed by atoms with Gasteiger partial charge in [0.05, 0.1) is 29.3 Å². The summed E-state index contributed by atoms with van der Waals surface area (Å²) in [5.41, 5.74) is 6.67. The van der Waals surface area contributed by atoms with Gasteiger partial charge in [0, 0.05) is 10.2 Å². The number of nitrogens with one attached hydrogen (secondary N) is 2. The molecule has 0 unspecified atom stereocenters. The molecular weight excluding hydrogens is 404 g/mol. The molecular formula is C21H23BrN4O. The van der Waals surface area contributed by atoms with E-state index in [1.54, 1.807) is 0 Å². The standard InChI is InChI=1S/C21H23BrN4O/c1-13-5-8-17(9-6-13)26-16(4)21(15(3)25-26)24-20(27)12-23-19-10-7-14(2)11-18(19)22/h5-11,23H,12H2,1-4H3,(H,24,27). The van der Waals surface area contributed by atoms with Gasteiger partial charge in [0.1, 0.15) is 0 Å². The Labute approximate surface area is 167 Å². The summed E-state index contributed by atoms with van der Waals surface area (Å²) in [5.74, 6) is -0.114. The largest absolute Gasteiger partial charge is 0.375 e. The second-order valence-corrected chi connectivity index (χ2v) is 7.53. The molecule has 0 bridgehead atoms. The molecule has 5 nitrogen and oxygen atoms in total. The Balaban J connectivity index is 1.71. The molecule has 1 amide bonds. The first-order valence-electron chi connectivity index (χ1n) is 8.78. The average Bonchev–Trinajstić information content (AvgIpc) is 2.90. The molecule has 0 radical (unpaired) electrons. The van der Waals surface area contributed by atoms with Gasteiger partial charge in [-0.25, -0.2) is 4.68 Å². The van der Waals surface area contributed by atoms with Crippen molar-refractivity contribution in [2.75, 3.05) is 17.2 Å². The summed E-state index contributed by atoms with van der Waals surface area (Å²) in [7, 11) is 0. The second kappa shape index (κ2) is 7.96. The van der Waals surface area contributed by atoms with Crippen LogP contribution in [0.4, 0.5) is 11.4 Å². The number of halogens is 1. The van der Waals surface area contributed by atoms with E-state index >= 15 is 0 Å². The summed E-state index contributed by atoms with van der Waals surface area (Å²) in [4.78, 5) is 12.4. The minimum absolute atomic E-state index is 0.114. The zero-order valence-corrected chi connectivity index (χ0v) is 17.5. The van der Waals surface area contributed by atoms with Crippen LogP contribution in [-0.4, -0.2) is 22.2 Å². The fraction of sp³-hybridized carbons (Fsp3) is 0.238. The molecule has 3 rings (SSSR count). The van der Waals surface area contributed by atoms with Gasteiger partial charge in [-0.1, -0.05) is 23.8 Å². The lowest BCUT2D eigenvalue weighted by molar-refractivity contribution is -0.114.